The molecule has 3 aromatic heterocycles. The fourth-order valence-corrected chi connectivity index (χ4v) is 4.48. The average Bonchev–Trinajstić information content (AvgIpc) is 3.27. The number of carbonyl (C=O) groups is 2. The number of aromatic nitrogens is 3. The maximum Gasteiger partial charge on any atom is 0.416 e. The Hall–Kier alpha value is -4.11. The maximum absolute atomic E-state index is 13.7. The van der Waals surface area contributed by atoms with Gasteiger partial charge in [-0.1, -0.05) is 11.6 Å². The summed E-state index contributed by atoms with van der Waals surface area (Å²) < 4.78 is 12.5. The molecule has 0 atom stereocenters. The fourth-order valence-electron chi connectivity index (χ4n) is 4.31. The van der Waals surface area contributed by atoms with Crippen LogP contribution in [0.15, 0.2) is 48.9 Å². The number of anilines is 1. The molecule has 3 heterocycles. The zero-order chi connectivity index (χ0) is 27.8. The van der Waals surface area contributed by atoms with E-state index in [1.807, 2.05) is 19.9 Å². The summed E-state index contributed by atoms with van der Waals surface area (Å²) in [6, 6.07) is 8.65. The Morgan fingerprint density at radius 3 is 2.47 bits per heavy atom. The molecule has 0 unspecified atom stereocenters. The van der Waals surface area contributed by atoms with E-state index >= 15 is 0 Å². The highest BCUT2D eigenvalue weighted by atomic mass is 35.5. The van der Waals surface area contributed by atoms with Crippen molar-refractivity contribution in [3.8, 4) is 16.9 Å². The van der Waals surface area contributed by atoms with E-state index in [2.05, 4.69) is 9.97 Å². The van der Waals surface area contributed by atoms with Crippen molar-refractivity contribution in [2.75, 3.05) is 12.0 Å². The van der Waals surface area contributed by atoms with E-state index in [9.17, 15) is 14.7 Å². The van der Waals surface area contributed by atoms with E-state index in [-0.39, 0.29) is 11.7 Å². The summed E-state index contributed by atoms with van der Waals surface area (Å²) in [5, 5.41) is 10.7. The standard InChI is InChI=1S/C28H29ClN4O5/c1-16-14-31-21(17(2)25(16)37-6)15-33(27(36)38-28(3,4)5)23-12-19(18-7-9-30-24(29)13-18)11-22-20(23)8-10-32(22)26(34)35/h7-14H,15H2,1-6H3,(H,34,35). The van der Waals surface area contributed by atoms with Gasteiger partial charge < -0.3 is 14.6 Å². The lowest BCUT2D eigenvalue weighted by Crippen LogP contribution is -2.37. The number of fused-ring (bicyclic) bond motifs is 1. The first kappa shape index (κ1) is 26.9. The van der Waals surface area contributed by atoms with Crippen molar-refractivity contribution >= 4 is 40.4 Å². The molecule has 4 rings (SSSR count). The number of carboxylic acid groups (broad SMARTS) is 1. The summed E-state index contributed by atoms with van der Waals surface area (Å²) in [5.74, 6) is 0.682. The number of hydrogen-bond acceptors (Lipinski definition) is 6. The third-order valence-corrected chi connectivity index (χ3v) is 6.22. The Labute approximate surface area is 225 Å². The Morgan fingerprint density at radius 2 is 1.84 bits per heavy atom. The molecular weight excluding hydrogens is 508 g/mol. The van der Waals surface area contributed by atoms with Gasteiger partial charge in [0.15, 0.2) is 0 Å². The van der Waals surface area contributed by atoms with Gasteiger partial charge in [0.25, 0.3) is 0 Å². The molecule has 0 aliphatic carbocycles. The number of methoxy groups -OCH3 is 1. The van der Waals surface area contributed by atoms with Crippen molar-refractivity contribution in [3.05, 3.63) is 70.9 Å². The molecule has 1 N–H and O–H groups in total. The smallest absolute Gasteiger partial charge is 0.416 e. The molecule has 10 heteroatoms. The zero-order valence-corrected chi connectivity index (χ0v) is 22.8. The third-order valence-electron chi connectivity index (χ3n) is 6.01. The number of aryl methyl sites for hydroxylation is 1. The molecule has 1 amide bonds. The lowest BCUT2D eigenvalue weighted by molar-refractivity contribution is 0.0577. The topological polar surface area (TPSA) is 107 Å². The second-order valence-electron chi connectivity index (χ2n) is 9.88. The number of pyridine rings is 2. The van der Waals surface area contributed by atoms with E-state index < -0.39 is 17.8 Å². The number of ether oxygens (including phenoxy) is 2. The van der Waals surface area contributed by atoms with Gasteiger partial charge in [0.1, 0.15) is 16.5 Å². The van der Waals surface area contributed by atoms with Crippen LogP contribution in [0.1, 0.15) is 37.6 Å². The van der Waals surface area contributed by atoms with Gasteiger partial charge in [-0.15, -0.1) is 0 Å². The van der Waals surface area contributed by atoms with Crippen LogP contribution in [0.4, 0.5) is 15.3 Å². The summed E-state index contributed by atoms with van der Waals surface area (Å²) in [4.78, 5) is 35.8. The quantitative estimate of drug-likeness (QED) is 0.278. The molecule has 0 bridgehead atoms. The van der Waals surface area contributed by atoms with Gasteiger partial charge in [-0.2, -0.15) is 0 Å². The average molecular weight is 537 g/mol. The van der Waals surface area contributed by atoms with Gasteiger partial charge in [0, 0.05) is 35.1 Å². The van der Waals surface area contributed by atoms with Crippen molar-refractivity contribution in [3.63, 3.8) is 0 Å². The van der Waals surface area contributed by atoms with Crippen LogP contribution in [0.5, 0.6) is 5.75 Å². The molecule has 38 heavy (non-hydrogen) atoms. The first-order chi connectivity index (χ1) is 17.9. The monoisotopic (exact) mass is 536 g/mol. The predicted octanol–water partition coefficient (Wildman–Crippen LogP) is 6.84. The van der Waals surface area contributed by atoms with Crippen molar-refractivity contribution in [2.24, 2.45) is 0 Å². The molecule has 0 spiro atoms. The van der Waals surface area contributed by atoms with Crippen LogP contribution in [-0.2, 0) is 11.3 Å². The van der Waals surface area contributed by atoms with E-state index in [4.69, 9.17) is 21.1 Å². The molecular formula is C28H29ClN4O5. The molecule has 0 fully saturated rings. The van der Waals surface area contributed by atoms with E-state index in [0.29, 0.717) is 39.2 Å². The summed E-state index contributed by atoms with van der Waals surface area (Å²) in [6.45, 7) is 9.20. The summed E-state index contributed by atoms with van der Waals surface area (Å²) >= 11 is 6.15. The van der Waals surface area contributed by atoms with Crippen molar-refractivity contribution < 1.29 is 24.2 Å². The number of halogens is 1. The minimum atomic E-state index is -1.15. The third kappa shape index (κ3) is 5.43. The Balaban J connectivity index is 1.97. The molecule has 0 aliphatic rings. The lowest BCUT2D eigenvalue weighted by atomic mass is 10.0. The van der Waals surface area contributed by atoms with Crippen molar-refractivity contribution in [1.82, 2.24) is 14.5 Å². The highest BCUT2D eigenvalue weighted by Gasteiger charge is 2.28. The Bertz CT molecular complexity index is 1540. The van der Waals surface area contributed by atoms with Crippen LogP contribution in [0.25, 0.3) is 22.0 Å². The van der Waals surface area contributed by atoms with Crippen LogP contribution in [-0.4, -0.2) is 44.5 Å². The number of nitrogens with zero attached hydrogens (tertiary/aromatic N) is 4. The van der Waals surface area contributed by atoms with Gasteiger partial charge in [0.05, 0.1) is 30.6 Å². The van der Waals surface area contributed by atoms with Crippen LogP contribution in [0, 0.1) is 13.8 Å². The van der Waals surface area contributed by atoms with Gasteiger partial charge in [-0.3, -0.25) is 14.5 Å². The van der Waals surface area contributed by atoms with Crippen molar-refractivity contribution in [2.45, 2.75) is 46.8 Å². The number of rotatable bonds is 5. The van der Waals surface area contributed by atoms with E-state index in [1.165, 1.54) is 11.1 Å². The Morgan fingerprint density at radius 1 is 1.11 bits per heavy atom. The second kappa shape index (κ2) is 10.3. The zero-order valence-electron chi connectivity index (χ0n) is 22.1. The largest absolute Gasteiger partial charge is 0.496 e. The summed E-state index contributed by atoms with van der Waals surface area (Å²) in [6.07, 6.45) is 2.95. The predicted molar refractivity (Wildman–Crippen MR) is 146 cm³/mol. The van der Waals surface area contributed by atoms with Crippen LogP contribution in [0.3, 0.4) is 0 Å². The molecule has 1 aromatic carbocycles. The molecule has 198 valence electrons. The number of amides is 1. The van der Waals surface area contributed by atoms with Gasteiger partial charge in [-0.25, -0.2) is 14.6 Å². The van der Waals surface area contributed by atoms with E-state index in [0.717, 1.165) is 15.7 Å². The molecule has 0 saturated carbocycles. The van der Waals surface area contributed by atoms with Crippen molar-refractivity contribution in [1.29, 1.82) is 0 Å². The lowest BCUT2D eigenvalue weighted by Gasteiger charge is -2.29. The molecule has 9 nitrogen and oxygen atoms in total. The van der Waals surface area contributed by atoms with Gasteiger partial charge in [-0.05, 0) is 76.1 Å². The first-order valence-corrected chi connectivity index (χ1v) is 12.3. The summed E-state index contributed by atoms with van der Waals surface area (Å²) in [5.41, 5.74) is 3.72. The molecule has 0 aliphatic heterocycles. The van der Waals surface area contributed by atoms with Gasteiger partial charge >= 0.3 is 12.2 Å². The number of benzene rings is 1. The van der Waals surface area contributed by atoms with E-state index in [1.54, 1.807) is 64.5 Å². The molecule has 0 saturated heterocycles. The van der Waals surface area contributed by atoms with Crippen LogP contribution < -0.4 is 9.64 Å². The second-order valence-corrected chi connectivity index (χ2v) is 10.3. The number of carbonyl (C=O) groups excluding carboxylic acids is 1. The minimum absolute atomic E-state index is 0.0608. The highest BCUT2D eigenvalue weighted by Crippen LogP contribution is 2.37. The number of hydrogen-bond donors (Lipinski definition) is 1. The normalized spacial score (nSPS) is 11.4. The maximum atomic E-state index is 13.7. The minimum Gasteiger partial charge on any atom is -0.496 e. The SMILES string of the molecule is COc1c(C)cnc(CN(C(=O)OC(C)(C)C)c2cc(-c3ccnc(Cl)c3)cc3c2ccn3C(=O)O)c1C. The Kier molecular flexibility index (Phi) is 7.33. The van der Waals surface area contributed by atoms with Gasteiger partial charge in [0.2, 0.25) is 0 Å². The van der Waals surface area contributed by atoms with Crippen LogP contribution in [0.2, 0.25) is 5.15 Å². The first-order valence-electron chi connectivity index (χ1n) is 11.9. The molecule has 0 radical (unpaired) electrons. The highest BCUT2D eigenvalue weighted by molar-refractivity contribution is 6.29. The summed E-state index contributed by atoms with van der Waals surface area (Å²) in [7, 11) is 1.59. The fraction of sp³-hybridized carbons (Fsp3) is 0.286. The molecule has 4 aromatic rings. The van der Waals surface area contributed by atoms with Crippen LogP contribution >= 0.6 is 11.6 Å².